The molecule has 0 bridgehead atoms. The third-order valence-electron chi connectivity index (χ3n) is 3.87. The van der Waals surface area contributed by atoms with Gasteiger partial charge in [0.05, 0.1) is 12.7 Å². The van der Waals surface area contributed by atoms with E-state index in [9.17, 15) is 14.3 Å². The molecule has 5 N–H and O–H groups in total. The lowest BCUT2D eigenvalue weighted by Crippen LogP contribution is -2.24. The maximum Gasteiger partial charge on any atom is 0.267 e. The zero-order chi connectivity index (χ0) is 20.8. The monoisotopic (exact) mass is 398 g/mol. The number of nitrogens with zero attached hydrogens (tertiary/aromatic N) is 2. The number of nitrogens with one attached hydrogen (secondary N) is 1. The van der Waals surface area contributed by atoms with E-state index in [2.05, 4.69) is 15.3 Å². The van der Waals surface area contributed by atoms with Gasteiger partial charge >= 0.3 is 0 Å². The molecular formula is C20H19FN4O4. The molecule has 1 atom stereocenters. The van der Waals surface area contributed by atoms with Crippen molar-refractivity contribution in [2.24, 2.45) is 5.73 Å². The van der Waals surface area contributed by atoms with E-state index < -0.39 is 18.6 Å². The van der Waals surface area contributed by atoms with Crippen LogP contribution in [0.3, 0.4) is 0 Å². The van der Waals surface area contributed by atoms with Gasteiger partial charge in [0.25, 0.3) is 5.91 Å². The number of aliphatic hydroxyl groups is 2. The molecule has 0 aliphatic heterocycles. The van der Waals surface area contributed by atoms with Gasteiger partial charge < -0.3 is 26.0 Å². The van der Waals surface area contributed by atoms with Gasteiger partial charge in [0.15, 0.2) is 5.82 Å². The van der Waals surface area contributed by atoms with Crippen LogP contribution in [0.15, 0.2) is 54.6 Å². The summed E-state index contributed by atoms with van der Waals surface area (Å²) in [4.78, 5) is 20.0. The Balaban J connectivity index is 1.81. The largest absolute Gasteiger partial charge is 0.457 e. The number of rotatable bonds is 8. The molecule has 29 heavy (non-hydrogen) atoms. The normalized spacial score (nSPS) is 11.7. The predicted molar refractivity (Wildman–Crippen MR) is 104 cm³/mol. The summed E-state index contributed by atoms with van der Waals surface area (Å²) in [6.07, 6.45) is -0.978. The number of ether oxygens (including phenoxy) is 1. The second kappa shape index (κ2) is 9.09. The first kappa shape index (κ1) is 20.2. The maximum absolute atomic E-state index is 13.0. The molecule has 0 aliphatic rings. The minimum Gasteiger partial charge on any atom is -0.457 e. The summed E-state index contributed by atoms with van der Waals surface area (Å²) in [5, 5.41) is 21.2. The van der Waals surface area contributed by atoms with Gasteiger partial charge in [-0.3, -0.25) is 4.79 Å². The van der Waals surface area contributed by atoms with Crippen LogP contribution in [0.25, 0.3) is 11.4 Å². The number of benzene rings is 2. The number of carbonyl (C=O) groups excluding carboxylic acids is 1. The van der Waals surface area contributed by atoms with Crippen LogP contribution < -0.4 is 15.8 Å². The van der Waals surface area contributed by atoms with Gasteiger partial charge in [-0.1, -0.05) is 0 Å². The summed E-state index contributed by atoms with van der Waals surface area (Å²) < 4.78 is 18.6. The van der Waals surface area contributed by atoms with E-state index in [1.54, 1.807) is 24.3 Å². The fraction of sp³-hybridized carbons (Fsp3) is 0.150. The summed E-state index contributed by atoms with van der Waals surface area (Å²) in [6.45, 7) is -0.376. The Labute approximate surface area is 165 Å². The lowest BCUT2D eigenvalue weighted by atomic mass is 10.2. The summed E-state index contributed by atoms with van der Waals surface area (Å²) in [7, 11) is 0. The smallest absolute Gasteiger partial charge is 0.267 e. The van der Waals surface area contributed by atoms with Gasteiger partial charge in [0, 0.05) is 18.2 Å². The van der Waals surface area contributed by atoms with Crippen molar-refractivity contribution in [1.82, 2.24) is 9.97 Å². The fourth-order valence-electron chi connectivity index (χ4n) is 2.39. The lowest BCUT2D eigenvalue weighted by Gasteiger charge is -2.12. The van der Waals surface area contributed by atoms with E-state index in [4.69, 9.17) is 15.6 Å². The van der Waals surface area contributed by atoms with Crippen LogP contribution in [0.1, 0.15) is 10.5 Å². The van der Waals surface area contributed by atoms with E-state index in [-0.39, 0.29) is 29.7 Å². The molecule has 2 aromatic carbocycles. The molecule has 0 radical (unpaired) electrons. The Kier molecular flexibility index (Phi) is 6.32. The molecule has 1 aromatic heterocycles. The van der Waals surface area contributed by atoms with E-state index in [1.165, 1.54) is 30.3 Å². The zero-order valence-corrected chi connectivity index (χ0v) is 15.2. The van der Waals surface area contributed by atoms with Crippen molar-refractivity contribution in [3.63, 3.8) is 0 Å². The van der Waals surface area contributed by atoms with Gasteiger partial charge in [-0.05, 0) is 48.5 Å². The second-order valence-corrected chi connectivity index (χ2v) is 6.12. The summed E-state index contributed by atoms with van der Waals surface area (Å²) in [5.74, 6) is 0.459. The number of anilines is 1. The first-order valence-electron chi connectivity index (χ1n) is 8.70. The molecule has 0 spiro atoms. The molecular weight excluding hydrogens is 379 g/mol. The van der Waals surface area contributed by atoms with Crippen LogP contribution in [0.4, 0.5) is 10.2 Å². The summed E-state index contributed by atoms with van der Waals surface area (Å²) in [5.41, 5.74) is 5.94. The van der Waals surface area contributed by atoms with Gasteiger partial charge in [0.1, 0.15) is 28.8 Å². The third kappa shape index (κ3) is 5.47. The van der Waals surface area contributed by atoms with Gasteiger partial charge in [-0.15, -0.1) is 0 Å². The molecule has 0 fully saturated rings. The van der Waals surface area contributed by atoms with Crippen molar-refractivity contribution in [1.29, 1.82) is 0 Å². The second-order valence-electron chi connectivity index (χ2n) is 6.12. The van der Waals surface area contributed by atoms with Gasteiger partial charge in [0.2, 0.25) is 0 Å². The third-order valence-corrected chi connectivity index (χ3v) is 3.87. The Morgan fingerprint density at radius 3 is 2.31 bits per heavy atom. The molecule has 9 heteroatoms. The molecule has 8 nitrogen and oxygen atoms in total. The molecule has 1 amide bonds. The van der Waals surface area contributed by atoms with Crippen molar-refractivity contribution < 1.29 is 24.1 Å². The van der Waals surface area contributed by atoms with Crippen molar-refractivity contribution >= 4 is 11.7 Å². The lowest BCUT2D eigenvalue weighted by molar-refractivity contribution is 0.0995. The SMILES string of the molecule is NC(=O)c1cc(NC[C@H](O)CO)nc(-c2ccc(Oc3ccc(F)cc3)cc2)n1. The van der Waals surface area contributed by atoms with Crippen LogP contribution in [0, 0.1) is 5.82 Å². The van der Waals surface area contributed by atoms with Gasteiger partial charge in [-0.2, -0.15) is 0 Å². The highest BCUT2D eigenvalue weighted by Gasteiger charge is 2.12. The molecule has 0 unspecified atom stereocenters. The molecule has 0 saturated heterocycles. The summed E-state index contributed by atoms with van der Waals surface area (Å²) in [6, 6.07) is 13.8. The average molecular weight is 398 g/mol. The average Bonchev–Trinajstić information content (AvgIpc) is 2.74. The van der Waals surface area contributed by atoms with Crippen LogP contribution in [-0.4, -0.2) is 45.3 Å². The first-order valence-corrected chi connectivity index (χ1v) is 8.70. The van der Waals surface area contributed by atoms with E-state index >= 15 is 0 Å². The van der Waals surface area contributed by atoms with E-state index in [0.29, 0.717) is 17.1 Å². The first-order chi connectivity index (χ1) is 13.9. The molecule has 3 rings (SSSR count). The number of amides is 1. The Morgan fingerprint density at radius 1 is 1.10 bits per heavy atom. The van der Waals surface area contributed by atoms with Crippen LogP contribution in [0.5, 0.6) is 11.5 Å². The van der Waals surface area contributed by atoms with Crippen LogP contribution in [-0.2, 0) is 0 Å². The van der Waals surface area contributed by atoms with Crippen molar-refractivity contribution in [2.45, 2.75) is 6.10 Å². The number of carbonyl (C=O) groups is 1. The molecule has 0 aliphatic carbocycles. The molecule has 0 saturated carbocycles. The van der Waals surface area contributed by atoms with E-state index in [0.717, 1.165) is 0 Å². The highest BCUT2D eigenvalue weighted by atomic mass is 19.1. The fourth-order valence-corrected chi connectivity index (χ4v) is 2.39. The number of nitrogens with two attached hydrogens (primary N) is 1. The number of aliphatic hydroxyl groups excluding tert-OH is 2. The van der Waals surface area contributed by atoms with Crippen molar-refractivity contribution in [2.75, 3.05) is 18.5 Å². The summed E-state index contributed by atoms with van der Waals surface area (Å²) >= 11 is 0. The Hall–Kier alpha value is -3.56. The number of halogens is 1. The topological polar surface area (TPSA) is 131 Å². The highest BCUT2D eigenvalue weighted by molar-refractivity contribution is 5.92. The number of hydrogen-bond donors (Lipinski definition) is 4. The maximum atomic E-state index is 13.0. The highest BCUT2D eigenvalue weighted by Crippen LogP contribution is 2.25. The molecule has 1 heterocycles. The quantitative estimate of drug-likeness (QED) is 0.456. The van der Waals surface area contributed by atoms with Crippen LogP contribution >= 0.6 is 0 Å². The Bertz CT molecular complexity index is 981. The zero-order valence-electron chi connectivity index (χ0n) is 15.2. The number of aromatic nitrogens is 2. The minimum absolute atomic E-state index is 0.00243. The predicted octanol–water partition coefficient (Wildman–Crippen LogP) is 1.94. The van der Waals surface area contributed by atoms with Gasteiger partial charge in [-0.25, -0.2) is 14.4 Å². The minimum atomic E-state index is -0.978. The number of hydrogen-bond acceptors (Lipinski definition) is 7. The Morgan fingerprint density at radius 2 is 1.72 bits per heavy atom. The van der Waals surface area contributed by atoms with E-state index in [1.807, 2.05) is 0 Å². The molecule has 3 aromatic rings. The standard InChI is InChI=1S/C20H19FN4O4/c21-13-3-7-16(8-4-13)29-15-5-1-12(2-6-15)20-24-17(19(22)28)9-18(25-20)23-10-14(27)11-26/h1-9,14,26-27H,10-11H2,(H2,22,28)(H,23,24,25)/t14-/m0/s1. The van der Waals surface area contributed by atoms with Crippen molar-refractivity contribution in [3.8, 4) is 22.9 Å². The van der Waals surface area contributed by atoms with Crippen molar-refractivity contribution in [3.05, 3.63) is 66.1 Å². The molecule has 150 valence electrons. The number of primary amides is 1. The van der Waals surface area contributed by atoms with Crippen LogP contribution in [0.2, 0.25) is 0 Å².